The molecule has 0 spiro atoms. The van der Waals surface area contributed by atoms with E-state index < -0.39 is 0 Å². The predicted octanol–water partition coefficient (Wildman–Crippen LogP) is 3.72. The molecule has 0 unspecified atom stereocenters. The number of nitrogens with zero attached hydrogens (tertiary/aromatic N) is 1. The van der Waals surface area contributed by atoms with Gasteiger partial charge < -0.3 is 15.0 Å². The number of rotatable bonds is 9. The average Bonchev–Trinajstić information content (AvgIpc) is 2.62. The molecule has 0 aliphatic heterocycles. The quantitative estimate of drug-likeness (QED) is 0.707. The minimum Gasteiger partial charge on any atom is -0.379 e. The summed E-state index contributed by atoms with van der Waals surface area (Å²) in [6.45, 7) is 5.66. The molecule has 2 aromatic carbocycles. The third-order valence-electron chi connectivity index (χ3n) is 3.88. The van der Waals surface area contributed by atoms with E-state index in [1.54, 1.807) is 0 Å². The second-order valence-corrected chi connectivity index (χ2v) is 6.36. The van der Waals surface area contributed by atoms with E-state index in [9.17, 15) is 4.79 Å². The van der Waals surface area contributed by atoms with Gasteiger partial charge in [0.05, 0.1) is 12.6 Å². The first-order valence-corrected chi connectivity index (χ1v) is 8.82. The fraction of sp³-hybridized carbons (Fsp3) is 0.381. The van der Waals surface area contributed by atoms with Crippen molar-refractivity contribution in [1.82, 2.24) is 5.32 Å². The van der Waals surface area contributed by atoms with Gasteiger partial charge in [-0.2, -0.15) is 0 Å². The van der Waals surface area contributed by atoms with Crippen molar-refractivity contribution in [3.8, 4) is 11.1 Å². The van der Waals surface area contributed by atoms with Crippen LogP contribution in [0.15, 0.2) is 54.6 Å². The molecule has 1 N–H and O–H groups in total. The van der Waals surface area contributed by atoms with Crippen LogP contribution in [0.1, 0.15) is 20.3 Å². The summed E-state index contributed by atoms with van der Waals surface area (Å²) < 4.78 is 5.48. The Balaban J connectivity index is 1.91. The molecule has 25 heavy (non-hydrogen) atoms. The number of carbonyl (C=O) groups is 1. The fourth-order valence-corrected chi connectivity index (χ4v) is 2.64. The van der Waals surface area contributed by atoms with Crippen LogP contribution in [-0.2, 0) is 9.53 Å². The van der Waals surface area contributed by atoms with Crippen LogP contribution < -0.4 is 10.2 Å². The summed E-state index contributed by atoms with van der Waals surface area (Å²) in [6.07, 6.45) is 1.06. The van der Waals surface area contributed by atoms with Gasteiger partial charge in [-0.05, 0) is 31.9 Å². The highest BCUT2D eigenvalue weighted by atomic mass is 16.5. The van der Waals surface area contributed by atoms with Gasteiger partial charge in [0.15, 0.2) is 0 Å². The van der Waals surface area contributed by atoms with Crippen LogP contribution in [0.25, 0.3) is 11.1 Å². The van der Waals surface area contributed by atoms with Crippen molar-refractivity contribution in [2.24, 2.45) is 0 Å². The zero-order valence-corrected chi connectivity index (χ0v) is 15.4. The summed E-state index contributed by atoms with van der Waals surface area (Å²) in [5, 5.41) is 2.96. The van der Waals surface area contributed by atoms with Gasteiger partial charge in [0.2, 0.25) is 5.91 Å². The Labute approximate surface area is 150 Å². The molecule has 0 fully saturated rings. The first-order chi connectivity index (χ1) is 12.1. The van der Waals surface area contributed by atoms with E-state index in [2.05, 4.69) is 23.5 Å². The first-order valence-electron chi connectivity index (χ1n) is 8.82. The Morgan fingerprint density at radius 2 is 1.76 bits per heavy atom. The monoisotopic (exact) mass is 340 g/mol. The van der Waals surface area contributed by atoms with Gasteiger partial charge in [0.1, 0.15) is 0 Å². The molecule has 0 atom stereocenters. The van der Waals surface area contributed by atoms with Gasteiger partial charge in [-0.15, -0.1) is 0 Å². The van der Waals surface area contributed by atoms with Gasteiger partial charge >= 0.3 is 0 Å². The third-order valence-corrected chi connectivity index (χ3v) is 3.88. The van der Waals surface area contributed by atoms with Crippen molar-refractivity contribution < 1.29 is 9.53 Å². The van der Waals surface area contributed by atoms with Crippen molar-refractivity contribution in [3.63, 3.8) is 0 Å². The summed E-state index contributed by atoms with van der Waals surface area (Å²) in [5.74, 6) is 0.0231. The number of nitrogens with one attached hydrogen (secondary N) is 1. The molecule has 0 aliphatic rings. The van der Waals surface area contributed by atoms with Crippen LogP contribution in [0, 0.1) is 0 Å². The van der Waals surface area contributed by atoms with Crippen LogP contribution in [-0.4, -0.2) is 38.8 Å². The number of hydrogen-bond acceptors (Lipinski definition) is 3. The number of anilines is 1. The molecule has 4 heteroatoms. The smallest absolute Gasteiger partial charge is 0.239 e. The Kier molecular flexibility index (Phi) is 7.48. The van der Waals surface area contributed by atoms with Gasteiger partial charge in [-0.1, -0.05) is 48.5 Å². The molecule has 0 aliphatic carbocycles. The zero-order chi connectivity index (χ0) is 18.1. The number of benzene rings is 2. The molecule has 1 amide bonds. The van der Waals surface area contributed by atoms with Crippen LogP contribution in [0.5, 0.6) is 0 Å². The van der Waals surface area contributed by atoms with E-state index in [-0.39, 0.29) is 12.0 Å². The molecular weight excluding hydrogens is 312 g/mol. The first kappa shape index (κ1) is 19.0. The summed E-state index contributed by atoms with van der Waals surface area (Å²) in [4.78, 5) is 14.2. The lowest BCUT2D eigenvalue weighted by atomic mass is 10.0. The highest BCUT2D eigenvalue weighted by Gasteiger charge is 2.11. The van der Waals surface area contributed by atoms with E-state index in [1.165, 1.54) is 0 Å². The third kappa shape index (κ3) is 6.24. The minimum absolute atomic E-state index is 0.0231. The molecule has 2 rings (SSSR count). The summed E-state index contributed by atoms with van der Waals surface area (Å²) in [5.41, 5.74) is 3.33. The molecule has 0 saturated carbocycles. The van der Waals surface area contributed by atoms with Crippen LogP contribution in [0.3, 0.4) is 0 Å². The lowest BCUT2D eigenvalue weighted by Crippen LogP contribution is -2.36. The number of carbonyl (C=O) groups excluding carboxylic acids is 1. The van der Waals surface area contributed by atoms with Gasteiger partial charge in [-0.3, -0.25) is 4.79 Å². The average molecular weight is 340 g/mol. The standard InChI is InChI=1S/C21H28N2O2/c1-17(2)25-15-9-14-22-21(24)16-23(3)20-13-8-7-12-19(20)18-10-5-4-6-11-18/h4-8,10-13,17H,9,14-16H2,1-3H3,(H,22,24). The number of amides is 1. The highest BCUT2D eigenvalue weighted by molar-refractivity contribution is 5.85. The van der Waals surface area contributed by atoms with Crippen LogP contribution in [0.4, 0.5) is 5.69 Å². The Morgan fingerprint density at radius 3 is 2.48 bits per heavy atom. The van der Waals surface area contributed by atoms with E-state index in [0.29, 0.717) is 19.7 Å². The second-order valence-electron chi connectivity index (χ2n) is 6.36. The number of likely N-dealkylation sites (N-methyl/N-ethyl adjacent to an activating group) is 1. The van der Waals surface area contributed by atoms with Gasteiger partial charge in [0.25, 0.3) is 0 Å². The normalized spacial score (nSPS) is 10.7. The van der Waals surface area contributed by atoms with Gasteiger partial charge in [-0.25, -0.2) is 0 Å². The predicted molar refractivity (Wildman–Crippen MR) is 104 cm³/mol. The second kappa shape index (κ2) is 9.84. The topological polar surface area (TPSA) is 41.6 Å². The van der Waals surface area contributed by atoms with Crippen LogP contribution in [0.2, 0.25) is 0 Å². The molecule has 4 nitrogen and oxygen atoms in total. The lowest BCUT2D eigenvalue weighted by molar-refractivity contribution is -0.119. The van der Waals surface area contributed by atoms with Crippen molar-refractivity contribution >= 4 is 11.6 Å². The number of ether oxygens (including phenoxy) is 1. The lowest BCUT2D eigenvalue weighted by Gasteiger charge is -2.22. The zero-order valence-electron chi connectivity index (χ0n) is 15.4. The molecule has 134 valence electrons. The van der Waals surface area contributed by atoms with Crippen molar-refractivity contribution in [3.05, 3.63) is 54.6 Å². The Hall–Kier alpha value is -2.33. The molecule has 0 heterocycles. The van der Waals surface area contributed by atoms with Crippen molar-refractivity contribution in [2.75, 3.05) is 31.6 Å². The number of hydrogen-bond donors (Lipinski definition) is 1. The van der Waals surface area contributed by atoms with Crippen LogP contribution >= 0.6 is 0 Å². The maximum atomic E-state index is 12.2. The Morgan fingerprint density at radius 1 is 1.08 bits per heavy atom. The highest BCUT2D eigenvalue weighted by Crippen LogP contribution is 2.29. The fourth-order valence-electron chi connectivity index (χ4n) is 2.64. The maximum Gasteiger partial charge on any atom is 0.239 e. The summed E-state index contributed by atoms with van der Waals surface area (Å²) >= 11 is 0. The molecular formula is C21H28N2O2. The van der Waals surface area contributed by atoms with E-state index in [0.717, 1.165) is 23.2 Å². The summed E-state index contributed by atoms with van der Waals surface area (Å²) in [6, 6.07) is 18.4. The van der Waals surface area contributed by atoms with Crippen molar-refractivity contribution in [2.45, 2.75) is 26.4 Å². The summed E-state index contributed by atoms with van der Waals surface area (Å²) in [7, 11) is 1.95. The SMILES string of the molecule is CC(C)OCCCNC(=O)CN(C)c1ccccc1-c1ccccc1. The minimum atomic E-state index is 0.0231. The largest absolute Gasteiger partial charge is 0.379 e. The molecule has 0 saturated heterocycles. The molecule has 0 radical (unpaired) electrons. The number of para-hydroxylation sites is 1. The van der Waals surface area contributed by atoms with E-state index in [4.69, 9.17) is 4.74 Å². The van der Waals surface area contributed by atoms with Crippen molar-refractivity contribution in [1.29, 1.82) is 0 Å². The van der Waals surface area contributed by atoms with E-state index >= 15 is 0 Å². The molecule has 0 aromatic heterocycles. The Bertz CT molecular complexity index is 656. The maximum absolute atomic E-state index is 12.2. The molecule has 0 bridgehead atoms. The molecule has 2 aromatic rings. The van der Waals surface area contributed by atoms with Gasteiger partial charge in [0, 0.05) is 31.5 Å². The van der Waals surface area contributed by atoms with E-state index in [1.807, 2.05) is 62.2 Å².